The molecule has 0 aromatic rings. The van der Waals surface area contributed by atoms with E-state index in [1.54, 1.807) is 0 Å². The van der Waals surface area contributed by atoms with Gasteiger partial charge in [-0.15, -0.1) is 0 Å². The number of carbonyl (C=O) groups is 1. The number of ketones is 1. The molecule has 0 radical (unpaired) electrons. The second kappa shape index (κ2) is 3.56. The highest BCUT2D eigenvalue weighted by Gasteiger charge is 2.66. The minimum Gasteiger partial charge on any atom is -0.347 e. The molecule has 1 aliphatic carbocycles. The maximum Gasteiger partial charge on any atom is 0.203 e. The highest BCUT2D eigenvalue weighted by Crippen LogP contribution is 2.53. The standard InChI is InChI=1S/C12H20O3/c1-4-5-6-14-12-8-11(2,3)7-9(13)10(12)15-12/h10H,4-8H2,1-3H3. The summed E-state index contributed by atoms with van der Waals surface area (Å²) in [7, 11) is 0. The first-order valence-electron chi connectivity index (χ1n) is 5.84. The van der Waals surface area contributed by atoms with Gasteiger partial charge >= 0.3 is 0 Å². The van der Waals surface area contributed by atoms with Crippen molar-refractivity contribution < 1.29 is 14.3 Å². The van der Waals surface area contributed by atoms with Crippen molar-refractivity contribution >= 4 is 5.78 Å². The molecule has 0 N–H and O–H groups in total. The number of carbonyl (C=O) groups excluding carboxylic acids is 1. The van der Waals surface area contributed by atoms with E-state index in [4.69, 9.17) is 9.47 Å². The molecule has 0 spiro atoms. The van der Waals surface area contributed by atoms with Gasteiger partial charge in [-0.3, -0.25) is 4.79 Å². The fourth-order valence-corrected chi connectivity index (χ4v) is 2.45. The van der Waals surface area contributed by atoms with Gasteiger partial charge in [0.25, 0.3) is 0 Å². The second-order valence-electron chi connectivity index (χ2n) is 5.50. The number of hydrogen-bond acceptors (Lipinski definition) is 3. The van der Waals surface area contributed by atoms with Gasteiger partial charge in [-0.05, 0) is 11.8 Å². The normalized spacial score (nSPS) is 37.5. The van der Waals surface area contributed by atoms with E-state index in [0.717, 1.165) is 19.3 Å². The molecule has 2 rings (SSSR count). The number of unbranched alkanes of at least 4 members (excludes halogenated alkanes) is 1. The second-order valence-corrected chi connectivity index (χ2v) is 5.50. The van der Waals surface area contributed by atoms with Crippen molar-refractivity contribution in [1.29, 1.82) is 0 Å². The van der Waals surface area contributed by atoms with Crippen LogP contribution in [0.15, 0.2) is 0 Å². The molecule has 0 aromatic carbocycles. The Kier molecular flexibility index (Phi) is 2.63. The molecule has 2 fully saturated rings. The van der Waals surface area contributed by atoms with Crippen molar-refractivity contribution in [2.45, 2.75) is 58.3 Å². The smallest absolute Gasteiger partial charge is 0.203 e. The molecular weight excluding hydrogens is 192 g/mol. The summed E-state index contributed by atoms with van der Waals surface area (Å²) in [6.45, 7) is 7.04. The van der Waals surface area contributed by atoms with Crippen LogP contribution in [0, 0.1) is 5.41 Å². The number of fused-ring (bicyclic) bond motifs is 1. The number of epoxide rings is 1. The zero-order valence-electron chi connectivity index (χ0n) is 9.84. The SMILES string of the molecule is CCCCOC12CC(C)(C)CC(=O)C1O2. The third-order valence-corrected chi connectivity index (χ3v) is 3.17. The van der Waals surface area contributed by atoms with Gasteiger partial charge in [0.15, 0.2) is 11.9 Å². The molecule has 1 aliphatic heterocycles. The lowest BCUT2D eigenvalue weighted by Crippen LogP contribution is -2.38. The third-order valence-electron chi connectivity index (χ3n) is 3.17. The predicted molar refractivity (Wildman–Crippen MR) is 56.5 cm³/mol. The van der Waals surface area contributed by atoms with Crippen molar-refractivity contribution in [3.05, 3.63) is 0 Å². The van der Waals surface area contributed by atoms with Crippen LogP contribution in [0.3, 0.4) is 0 Å². The van der Waals surface area contributed by atoms with Gasteiger partial charge in [-0.2, -0.15) is 0 Å². The quantitative estimate of drug-likeness (QED) is 0.530. The summed E-state index contributed by atoms with van der Waals surface area (Å²) >= 11 is 0. The summed E-state index contributed by atoms with van der Waals surface area (Å²) in [6.07, 6.45) is 3.35. The van der Waals surface area contributed by atoms with Gasteiger partial charge in [0, 0.05) is 12.8 Å². The van der Waals surface area contributed by atoms with E-state index in [1.165, 1.54) is 0 Å². The summed E-state index contributed by atoms with van der Waals surface area (Å²) < 4.78 is 11.2. The maximum absolute atomic E-state index is 11.7. The van der Waals surface area contributed by atoms with Crippen LogP contribution in [-0.2, 0) is 14.3 Å². The summed E-state index contributed by atoms with van der Waals surface area (Å²) in [5.41, 5.74) is 0.0241. The topological polar surface area (TPSA) is 38.8 Å². The Balaban J connectivity index is 1.96. The lowest BCUT2D eigenvalue weighted by molar-refractivity contribution is -0.127. The van der Waals surface area contributed by atoms with Gasteiger partial charge in [0.2, 0.25) is 5.79 Å². The lowest BCUT2D eigenvalue weighted by Gasteiger charge is -2.31. The molecular formula is C12H20O3. The molecule has 1 saturated carbocycles. The van der Waals surface area contributed by atoms with Crippen molar-refractivity contribution in [3.63, 3.8) is 0 Å². The first-order valence-corrected chi connectivity index (χ1v) is 5.84. The lowest BCUT2D eigenvalue weighted by atomic mass is 9.75. The Labute approximate surface area is 91.1 Å². The minimum atomic E-state index is -0.548. The van der Waals surface area contributed by atoms with Crippen LogP contribution in [0.25, 0.3) is 0 Å². The maximum atomic E-state index is 11.7. The highest BCUT2D eigenvalue weighted by molar-refractivity contribution is 5.88. The Morgan fingerprint density at radius 3 is 2.93 bits per heavy atom. The van der Waals surface area contributed by atoms with Gasteiger partial charge < -0.3 is 9.47 Å². The fraction of sp³-hybridized carbons (Fsp3) is 0.917. The van der Waals surface area contributed by atoms with Gasteiger partial charge in [-0.25, -0.2) is 0 Å². The number of ether oxygens (including phenoxy) is 2. The van der Waals surface area contributed by atoms with E-state index in [-0.39, 0.29) is 17.3 Å². The van der Waals surface area contributed by atoms with Crippen LogP contribution in [0.1, 0.15) is 46.5 Å². The Morgan fingerprint density at radius 1 is 1.53 bits per heavy atom. The first-order chi connectivity index (χ1) is 6.99. The van der Waals surface area contributed by atoms with Gasteiger partial charge in [-0.1, -0.05) is 27.2 Å². The van der Waals surface area contributed by atoms with Crippen LogP contribution in [0.4, 0.5) is 0 Å². The van der Waals surface area contributed by atoms with Gasteiger partial charge in [0.1, 0.15) is 0 Å². The van der Waals surface area contributed by atoms with Crippen molar-refractivity contribution in [1.82, 2.24) is 0 Å². The molecule has 2 atom stereocenters. The first kappa shape index (κ1) is 11.1. The van der Waals surface area contributed by atoms with Crippen molar-refractivity contribution in [2.24, 2.45) is 5.41 Å². The van der Waals surface area contributed by atoms with E-state index < -0.39 is 5.79 Å². The summed E-state index contributed by atoms with van der Waals surface area (Å²) in [5.74, 6) is -0.337. The predicted octanol–water partition coefficient (Wildman–Crippen LogP) is 2.29. The average Bonchev–Trinajstić information content (AvgIpc) is 2.78. The Hall–Kier alpha value is -0.410. The monoisotopic (exact) mass is 212 g/mol. The largest absolute Gasteiger partial charge is 0.347 e. The molecule has 1 saturated heterocycles. The molecule has 2 unspecified atom stereocenters. The molecule has 0 bridgehead atoms. The summed E-state index contributed by atoms with van der Waals surface area (Å²) in [4.78, 5) is 11.7. The van der Waals surface area contributed by atoms with Crippen LogP contribution >= 0.6 is 0 Å². The van der Waals surface area contributed by atoms with Gasteiger partial charge in [0.05, 0.1) is 6.61 Å². The average molecular weight is 212 g/mol. The number of hydrogen-bond donors (Lipinski definition) is 0. The van der Waals surface area contributed by atoms with E-state index in [1.807, 2.05) is 0 Å². The highest BCUT2D eigenvalue weighted by atomic mass is 16.8. The van der Waals surface area contributed by atoms with Crippen LogP contribution in [0.5, 0.6) is 0 Å². The summed E-state index contributed by atoms with van der Waals surface area (Å²) in [6, 6.07) is 0. The molecule has 3 heteroatoms. The van der Waals surface area contributed by atoms with Crippen LogP contribution < -0.4 is 0 Å². The van der Waals surface area contributed by atoms with E-state index >= 15 is 0 Å². The minimum absolute atomic E-state index is 0.0241. The Bertz CT molecular complexity index is 272. The van der Waals surface area contributed by atoms with Crippen molar-refractivity contribution in [3.8, 4) is 0 Å². The molecule has 1 heterocycles. The summed E-state index contributed by atoms with van der Waals surface area (Å²) in [5, 5.41) is 0. The molecule has 2 aliphatic rings. The van der Waals surface area contributed by atoms with Crippen LogP contribution in [0.2, 0.25) is 0 Å². The third kappa shape index (κ3) is 2.08. The Morgan fingerprint density at radius 2 is 2.27 bits per heavy atom. The molecule has 86 valence electrons. The van der Waals surface area contributed by atoms with Crippen LogP contribution in [-0.4, -0.2) is 24.3 Å². The molecule has 0 amide bonds. The van der Waals surface area contributed by atoms with Crippen molar-refractivity contribution in [2.75, 3.05) is 6.61 Å². The van der Waals surface area contributed by atoms with E-state index in [0.29, 0.717) is 13.0 Å². The molecule has 0 aromatic heterocycles. The fourth-order valence-electron chi connectivity index (χ4n) is 2.45. The number of Topliss-reactive ketones (excluding diaryl/α,β-unsaturated/α-hetero) is 1. The zero-order valence-corrected chi connectivity index (χ0v) is 9.84. The van der Waals surface area contributed by atoms with E-state index in [2.05, 4.69) is 20.8 Å². The van der Waals surface area contributed by atoms with E-state index in [9.17, 15) is 4.79 Å². The number of rotatable bonds is 4. The molecule has 3 nitrogen and oxygen atoms in total. The molecule has 15 heavy (non-hydrogen) atoms. The zero-order chi connectivity index (χ0) is 11.1.